The van der Waals surface area contributed by atoms with Gasteiger partial charge in [-0.25, -0.2) is 4.98 Å². The molecule has 1 unspecified atom stereocenters. The summed E-state index contributed by atoms with van der Waals surface area (Å²) in [5.74, 6) is 0.914. The third-order valence-electron chi connectivity index (χ3n) is 2.31. The molecule has 0 aliphatic rings. The number of anilines is 2. The number of ether oxygens (including phenoxy) is 1. The van der Waals surface area contributed by atoms with Crippen molar-refractivity contribution in [1.82, 2.24) is 4.98 Å². The summed E-state index contributed by atoms with van der Waals surface area (Å²) in [6, 6.07) is 3.97. The predicted molar refractivity (Wildman–Crippen MR) is 68.0 cm³/mol. The van der Waals surface area contributed by atoms with E-state index in [4.69, 9.17) is 4.74 Å². The van der Waals surface area contributed by atoms with Crippen LogP contribution in [0.5, 0.6) is 0 Å². The van der Waals surface area contributed by atoms with E-state index < -0.39 is 0 Å². The molecule has 1 aromatic rings. The summed E-state index contributed by atoms with van der Waals surface area (Å²) in [4.78, 5) is 4.24. The molecule has 4 heteroatoms. The van der Waals surface area contributed by atoms with E-state index in [0.29, 0.717) is 0 Å². The molecule has 2 N–H and O–H groups in total. The molecule has 0 fully saturated rings. The molecule has 90 valence electrons. The largest absolute Gasteiger partial charge is 0.382 e. The Bertz CT molecular complexity index is 304. The zero-order chi connectivity index (χ0) is 11.8. The standard InChI is InChI=1S/C12H21N3O/c1-4-6-13-12-8-11(5-7-14-12)15-9-10(2)16-3/h5,7-8,10H,4,6,9H2,1-3H3,(H2,13,14,15). The maximum Gasteiger partial charge on any atom is 0.127 e. The van der Waals surface area contributed by atoms with Crippen molar-refractivity contribution >= 4 is 11.5 Å². The van der Waals surface area contributed by atoms with Crippen LogP contribution < -0.4 is 10.6 Å². The lowest BCUT2D eigenvalue weighted by molar-refractivity contribution is 0.129. The normalized spacial score (nSPS) is 12.2. The summed E-state index contributed by atoms with van der Waals surface area (Å²) in [5.41, 5.74) is 1.07. The van der Waals surface area contributed by atoms with Crippen molar-refractivity contribution in [2.24, 2.45) is 0 Å². The van der Waals surface area contributed by atoms with Crippen LogP contribution in [0, 0.1) is 0 Å². The third-order valence-corrected chi connectivity index (χ3v) is 2.31. The van der Waals surface area contributed by atoms with Crippen molar-refractivity contribution in [2.75, 3.05) is 30.8 Å². The van der Waals surface area contributed by atoms with Gasteiger partial charge in [-0.1, -0.05) is 6.92 Å². The minimum Gasteiger partial charge on any atom is -0.382 e. The van der Waals surface area contributed by atoms with Crippen molar-refractivity contribution in [1.29, 1.82) is 0 Å². The van der Waals surface area contributed by atoms with Crippen LogP contribution in [0.4, 0.5) is 11.5 Å². The number of hydrogen-bond donors (Lipinski definition) is 2. The molecule has 16 heavy (non-hydrogen) atoms. The molecule has 0 amide bonds. The summed E-state index contributed by atoms with van der Waals surface area (Å²) in [6.07, 6.45) is 3.11. The molecule has 1 rings (SSSR count). The topological polar surface area (TPSA) is 46.2 Å². The Hall–Kier alpha value is -1.29. The van der Waals surface area contributed by atoms with E-state index >= 15 is 0 Å². The highest BCUT2D eigenvalue weighted by Gasteiger charge is 2.00. The number of pyridine rings is 1. The number of nitrogens with one attached hydrogen (secondary N) is 2. The first-order chi connectivity index (χ1) is 7.76. The molecule has 0 spiro atoms. The van der Waals surface area contributed by atoms with Gasteiger partial charge in [0.15, 0.2) is 0 Å². The van der Waals surface area contributed by atoms with Gasteiger partial charge in [-0.05, 0) is 19.4 Å². The van der Waals surface area contributed by atoms with Crippen LogP contribution >= 0.6 is 0 Å². The average Bonchev–Trinajstić information content (AvgIpc) is 2.34. The molecule has 0 aromatic carbocycles. The molecule has 4 nitrogen and oxygen atoms in total. The Morgan fingerprint density at radius 3 is 2.94 bits per heavy atom. The molecule has 1 atom stereocenters. The van der Waals surface area contributed by atoms with Gasteiger partial charge in [0.25, 0.3) is 0 Å². The van der Waals surface area contributed by atoms with Gasteiger partial charge < -0.3 is 15.4 Å². The second-order valence-corrected chi connectivity index (χ2v) is 3.78. The molecule has 0 aliphatic heterocycles. The maximum atomic E-state index is 5.17. The van der Waals surface area contributed by atoms with Gasteiger partial charge in [0.05, 0.1) is 6.10 Å². The second-order valence-electron chi connectivity index (χ2n) is 3.78. The van der Waals surface area contributed by atoms with Gasteiger partial charge in [0.1, 0.15) is 5.82 Å². The van der Waals surface area contributed by atoms with E-state index in [9.17, 15) is 0 Å². The molecular weight excluding hydrogens is 202 g/mol. The summed E-state index contributed by atoms with van der Waals surface area (Å²) in [6.45, 7) is 5.92. The number of hydrogen-bond acceptors (Lipinski definition) is 4. The smallest absolute Gasteiger partial charge is 0.127 e. The van der Waals surface area contributed by atoms with Crippen molar-refractivity contribution in [3.8, 4) is 0 Å². The van der Waals surface area contributed by atoms with Gasteiger partial charge in [-0.15, -0.1) is 0 Å². The molecular formula is C12H21N3O. The van der Waals surface area contributed by atoms with Crippen molar-refractivity contribution in [3.63, 3.8) is 0 Å². The summed E-state index contributed by atoms with van der Waals surface area (Å²) in [7, 11) is 1.72. The van der Waals surface area contributed by atoms with E-state index in [1.807, 2.05) is 19.1 Å². The Balaban J connectivity index is 2.46. The number of aromatic nitrogens is 1. The van der Waals surface area contributed by atoms with Crippen LogP contribution in [-0.4, -0.2) is 31.3 Å². The minimum atomic E-state index is 0.209. The van der Waals surface area contributed by atoms with E-state index in [2.05, 4.69) is 22.5 Å². The second kappa shape index (κ2) is 7.06. The molecule has 0 saturated carbocycles. The average molecular weight is 223 g/mol. The van der Waals surface area contributed by atoms with Crippen LogP contribution in [0.3, 0.4) is 0 Å². The number of methoxy groups -OCH3 is 1. The quantitative estimate of drug-likeness (QED) is 0.745. The fourth-order valence-electron chi connectivity index (χ4n) is 1.24. The van der Waals surface area contributed by atoms with E-state index in [-0.39, 0.29) is 6.10 Å². The molecule has 1 heterocycles. The molecule has 1 aromatic heterocycles. The first kappa shape index (κ1) is 12.8. The molecule has 0 bridgehead atoms. The minimum absolute atomic E-state index is 0.209. The van der Waals surface area contributed by atoms with Crippen LogP contribution in [-0.2, 0) is 4.74 Å². The Kier molecular flexibility index (Phi) is 5.64. The summed E-state index contributed by atoms with van der Waals surface area (Å²) in [5, 5.41) is 6.56. The van der Waals surface area contributed by atoms with Gasteiger partial charge >= 0.3 is 0 Å². The fourth-order valence-corrected chi connectivity index (χ4v) is 1.24. The van der Waals surface area contributed by atoms with Gasteiger partial charge in [-0.3, -0.25) is 0 Å². The lowest BCUT2D eigenvalue weighted by Crippen LogP contribution is -2.18. The van der Waals surface area contributed by atoms with E-state index in [0.717, 1.165) is 31.0 Å². The first-order valence-corrected chi connectivity index (χ1v) is 5.72. The number of rotatable bonds is 7. The fraction of sp³-hybridized carbons (Fsp3) is 0.583. The van der Waals surface area contributed by atoms with Gasteiger partial charge in [0.2, 0.25) is 0 Å². The highest BCUT2D eigenvalue weighted by atomic mass is 16.5. The van der Waals surface area contributed by atoms with E-state index in [1.165, 1.54) is 0 Å². The van der Waals surface area contributed by atoms with Crippen molar-refractivity contribution in [3.05, 3.63) is 18.3 Å². The highest BCUT2D eigenvalue weighted by Crippen LogP contribution is 2.11. The van der Waals surface area contributed by atoms with Crippen molar-refractivity contribution < 1.29 is 4.74 Å². The van der Waals surface area contributed by atoms with Crippen LogP contribution in [0.2, 0.25) is 0 Å². The van der Waals surface area contributed by atoms with Gasteiger partial charge in [0, 0.05) is 38.1 Å². The first-order valence-electron chi connectivity index (χ1n) is 5.72. The molecule has 0 radical (unpaired) electrons. The van der Waals surface area contributed by atoms with Crippen LogP contribution in [0.25, 0.3) is 0 Å². The molecule has 0 aliphatic carbocycles. The lowest BCUT2D eigenvalue weighted by Gasteiger charge is -2.12. The summed E-state index contributed by atoms with van der Waals surface area (Å²) < 4.78 is 5.17. The maximum absolute atomic E-state index is 5.17. The third kappa shape index (κ3) is 4.49. The Morgan fingerprint density at radius 2 is 2.25 bits per heavy atom. The van der Waals surface area contributed by atoms with Gasteiger partial charge in [-0.2, -0.15) is 0 Å². The summed E-state index contributed by atoms with van der Waals surface area (Å²) >= 11 is 0. The van der Waals surface area contributed by atoms with E-state index in [1.54, 1.807) is 13.3 Å². The monoisotopic (exact) mass is 223 g/mol. The van der Waals surface area contributed by atoms with Crippen LogP contribution in [0.15, 0.2) is 18.3 Å². The lowest BCUT2D eigenvalue weighted by atomic mass is 10.3. The Labute approximate surface area is 97.4 Å². The van der Waals surface area contributed by atoms with Crippen molar-refractivity contribution in [2.45, 2.75) is 26.4 Å². The van der Waals surface area contributed by atoms with Crippen LogP contribution in [0.1, 0.15) is 20.3 Å². The zero-order valence-electron chi connectivity index (χ0n) is 10.3. The Morgan fingerprint density at radius 1 is 1.44 bits per heavy atom. The number of nitrogens with zero attached hydrogens (tertiary/aromatic N) is 1. The zero-order valence-corrected chi connectivity index (χ0v) is 10.3. The SMILES string of the molecule is CCCNc1cc(NCC(C)OC)ccn1. The molecule has 0 saturated heterocycles. The highest BCUT2D eigenvalue weighted by molar-refractivity contribution is 5.51. The predicted octanol–water partition coefficient (Wildman–Crippen LogP) is 2.35.